The molecule has 1 N–H and O–H groups in total. The second-order valence-electron chi connectivity index (χ2n) is 4.40. The Bertz CT molecular complexity index is 755. The van der Waals surface area contributed by atoms with Crippen molar-refractivity contribution in [1.29, 1.82) is 0 Å². The highest BCUT2D eigenvalue weighted by Gasteiger charge is 2.14. The van der Waals surface area contributed by atoms with Crippen molar-refractivity contribution in [3.05, 3.63) is 48.2 Å². The van der Waals surface area contributed by atoms with Crippen LogP contribution < -0.4 is 0 Å². The van der Waals surface area contributed by atoms with Gasteiger partial charge in [-0.15, -0.1) is 0 Å². The Morgan fingerprint density at radius 3 is 2.48 bits per heavy atom. The third-order valence-corrected chi connectivity index (χ3v) is 4.91. The summed E-state index contributed by atoms with van der Waals surface area (Å²) in [6.45, 7) is 0. The zero-order valence-corrected chi connectivity index (χ0v) is 12.8. The lowest BCUT2D eigenvalue weighted by Gasteiger charge is -2.06. The molecule has 7 heteroatoms. The van der Waals surface area contributed by atoms with E-state index in [0.717, 1.165) is 11.2 Å². The van der Waals surface area contributed by atoms with Gasteiger partial charge in [0.15, 0.2) is 9.84 Å². The van der Waals surface area contributed by atoms with Crippen LogP contribution in [0.2, 0.25) is 0 Å². The van der Waals surface area contributed by atoms with Gasteiger partial charge >= 0.3 is 5.97 Å². The quantitative estimate of drug-likeness (QED) is 0.908. The molecule has 0 unspecified atom stereocenters. The fourth-order valence-electron chi connectivity index (χ4n) is 1.70. The van der Waals surface area contributed by atoms with E-state index in [2.05, 4.69) is 4.98 Å². The normalized spacial score (nSPS) is 11.3. The van der Waals surface area contributed by atoms with Gasteiger partial charge in [-0.05, 0) is 29.8 Å². The molecule has 21 heavy (non-hydrogen) atoms. The van der Waals surface area contributed by atoms with E-state index in [1.54, 1.807) is 30.3 Å². The molecule has 1 aromatic carbocycles. The van der Waals surface area contributed by atoms with Gasteiger partial charge < -0.3 is 5.11 Å². The van der Waals surface area contributed by atoms with Crippen LogP contribution in [0.25, 0.3) is 0 Å². The van der Waals surface area contributed by atoms with E-state index in [0.29, 0.717) is 10.6 Å². The van der Waals surface area contributed by atoms with Crippen molar-refractivity contribution in [2.45, 2.75) is 21.2 Å². The van der Waals surface area contributed by atoms with Crippen molar-refractivity contribution in [3.63, 3.8) is 0 Å². The van der Waals surface area contributed by atoms with Crippen LogP contribution in [0.3, 0.4) is 0 Å². The summed E-state index contributed by atoms with van der Waals surface area (Å²) < 4.78 is 23.4. The van der Waals surface area contributed by atoms with E-state index < -0.39 is 15.8 Å². The number of hydrogen-bond acceptors (Lipinski definition) is 5. The first-order valence-electron chi connectivity index (χ1n) is 6.00. The second kappa shape index (κ2) is 6.28. The fraction of sp³-hybridized carbons (Fsp3) is 0.143. The summed E-state index contributed by atoms with van der Waals surface area (Å²) >= 11 is 1.23. The molecule has 2 rings (SSSR count). The molecule has 0 fully saturated rings. The molecule has 5 nitrogen and oxygen atoms in total. The molecule has 0 aliphatic heterocycles. The van der Waals surface area contributed by atoms with Crippen LogP contribution in [-0.2, 0) is 21.1 Å². The number of carboxylic acid groups (broad SMARTS) is 1. The van der Waals surface area contributed by atoms with Gasteiger partial charge in [0.2, 0.25) is 0 Å². The molecule has 0 aliphatic carbocycles. The lowest BCUT2D eigenvalue weighted by molar-refractivity contribution is -0.136. The number of rotatable bonds is 5. The Labute approximate surface area is 127 Å². The molecule has 0 spiro atoms. The molecule has 0 saturated heterocycles. The van der Waals surface area contributed by atoms with E-state index in [1.807, 2.05) is 0 Å². The van der Waals surface area contributed by atoms with Crippen LogP contribution in [-0.4, -0.2) is 30.7 Å². The zero-order chi connectivity index (χ0) is 15.5. The van der Waals surface area contributed by atoms with Gasteiger partial charge in [-0.2, -0.15) is 0 Å². The monoisotopic (exact) mass is 323 g/mol. The summed E-state index contributed by atoms with van der Waals surface area (Å²) in [5.41, 5.74) is 0.691. The van der Waals surface area contributed by atoms with Gasteiger partial charge in [-0.1, -0.05) is 23.9 Å². The predicted molar refractivity (Wildman–Crippen MR) is 79.3 cm³/mol. The Balaban J connectivity index is 2.25. The third kappa shape index (κ3) is 4.30. The fourth-order valence-corrected chi connectivity index (χ4v) is 3.75. The number of carboxylic acids is 1. The average Bonchev–Trinajstić information content (AvgIpc) is 2.40. The van der Waals surface area contributed by atoms with Gasteiger partial charge in [0, 0.05) is 17.3 Å². The molecule has 0 saturated carbocycles. The van der Waals surface area contributed by atoms with E-state index in [-0.39, 0.29) is 11.3 Å². The maximum absolute atomic E-state index is 11.7. The van der Waals surface area contributed by atoms with Crippen molar-refractivity contribution >= 4 is 27.6 Å². The number of benzene rings is 1. The number of sulfone groups is 1. The molecule has 0 amide bonds. The minimum absolute atomic E-state index is 0.0386. The summed E-state index contributed by atoms with van der Waals surface area (Å²) in [5.74, 6) is -0.889. The second-order valence-corrected chi connectivity index (χ2v) is 7.44. The first kappa shape index (κ1) is 15.5. The summed E-state index contributed by atoms with van der Waals surface area (Å²) in [6, 6.07) is 10.0. The van der Waals surface area contributed by atoms with Crippen molar-refractivity contribution in [2.75, 3.05) is 6.26 Å². The Morgan fingerprint density at radius 2 is 1.90 bits per heavy atom. The Morgan fingerprint density at radius 1 is 1.24 bits per heavy atom. The molecular formula is C14H13NO4S2. The highest BCUT2D eigenvalue weighted by Crippen LogP contribution is 2.30. The highest BCUT2D eigenvalue weighted by atomic mass is 32.2. The number of hydrogen-bond donors (Lipinski definition) is 1. The van der Waals surface area contributed by atoms with Crippen LogP contribution in [0, 0.1) is 0 Å². The average molecular weight is 323 g/mol. The SMILES string of the molecule is CS(=O)(=O)c1cccnc1Sc1ccc(CC(=O)O)cc1. The molecule has 0 aliphatic rings. The van der Waals surface area contributed by atoms with Crippen molar-refractivity contribution in [1.82, 2.24) is 4.98 Å². The van der Waals surface area contributed by atoms with Crippen molar-refractivity contribution < 1.29 is 18.3 Å². The molecule has 110 valence electrons. The first-order valence-corrected chi connectivity index (χ1v) is 8.71. The summed E-state index contributed by atoms with van der Waals surface area (Å²) in [4.78, 5) is 15.7. The molecule has 1 aromatic heterocycles. The molecule has 0 radical (unpaired) electrons. The Hall–Kier alpha value is -1.86. The number of carbonyl (C=O) groups is 1. The minimum atomic E-state index is -3.34. The van der Waals surface area contributed by atoms with Crippen LogP contribution in [0.1, 0.15) is 5.56 Å². The number of aromatic nitrogens is 1. The summed E-state index contributed by atoms with van der Waals surface area (Å²) in [6.07, 6.45) is 2.64. The maximum Gasteiger partial charge on any atom is 0.307 e. The third-order valence-electron chi connectivity index (χ3n) is 2.63. The number of nitrogens with zero attached hydrogens (tertiary/aromatic N) is 1. The summed E-state index contributed by atoms with van der Waals surface area (Å²) in [7, 11) is -3.34. The van der Waals surface area contributed by atoms with E-state index in [1.165, 1.54) is 24.0 Å². The molecular weight excluding hydrogens is 310 g/mol. The van der Waals surface area contributed by atoms with Gasteiger partial charge in [0.1, 0.15) is 5.03 Å². The lowest BCUT2D eigenvalue weighted by Crippen LogP contribution is -2.01. The first-order chi connectivity index (χ1) is 9.86. The number of pyridine rings is 1. The molecule has 0 atom stereocenters. The largest absolute Gasteiger partial charge is 0.481 e. The smallest absolute Gasteiger partial charge is 0.307 e. The Kier molecular flexibility index (Phi) is 4.64. The van der Waals surface area contributed by atoms with Gasteiger partial charge in [-0.25, -0.2) is 13.4 Å². The van der Waals surface area contributed by atoms with Gasteiger partial charge in [0.25, 0.3) is 0 Å². The zero-order valence-electron chi connectivity index (χ0n) is 11.2. The molecule has 2 aromatic rings. The minimum Gasteiger partial charge on any atom is -0.481 e. The van der Waals surface area contributed by atoms with Gasteiger partial charge in [0.05, 0.1) is 11.3 Å². The standard InChI is InChI=1S/C14H13NO4S2/c1-21(18,19)12-3-2-8-15-14(12)20-11-6-4-10(5-7-11)9-13(16)17/h2-8H,9H2,1H3,(H,16,17). The predicted octanol–water partition coefficient (Wildman–Crippen LogP) is 2.26. The lowest BCUT2D eigenvalue weighted by atomic mass is 10.2. The van der Waals surface area contributed by atoms with Crippen molar-refractivity contribution in [3.8, 4) is 0 Å². The van der Waals surface area contributed by atoms with Crippen LogP contribution in [0.5, 0.6) is 0 Å². The van der Waals surface area contributed by atoms with Crippen LogP contribution in [0.4, 0.5) is 0 Å². The van der Waals surface area contributed by atoms with Gasteiger partial charge in [-0.3, -0.25) is 4.79 Å². The highest BCUT2D eigenvalue weighted by molar-refractivity contribution is 8.00. The maximum atomic E-state index is 11.7. The van der Waals surface area contributed by atoms with E-state index in [9.17, 15) is 13.2 Å². The van der Waals surface area contributed by atoms with E-state index >= 15 is 0 Å². The van der Waals surface area contributed by atoms with E-state index in [4.69, 9.17) is 5.11 Å². The molecule has 0 bridgehead atoms. The number of aliphatic carboxylic acids is 1. The topological polar surface area (TPSA) is 84.3 Å². The summed E-state index contributed by atoms with van der Waals surface area (Å²) in [5, 5.41) is 9.12. The van der Waals surface area contributed by atoms with Crippen LogP contribution in [0.15, 0.2) is 57.4 Å². The molecule has 1 heterocycles. The van der Waals surface area contributed by atoms with Crippen molar-refractivity contribution in [2.24, 2.45) is 0 Å². The van der Waals surface area contributed by atoms with Crippen LogP contribution >= 0.6 is 11.8 Å².